The molecule has 2 rings (SSSR count). The van der Waals surface area contributed by atoms with E-state index in [1.54, 1.807) is 10.9 Å². The molecule has 0 radical (unpaired) electrons. The Morgan fingerprint density at radius 3 is 2.52 bits per heavy atom. The van der Waals surface area contributed by atoms with Crippen molar-refractivity contribution in [3.63, 3.8) is 0 Å². The van der Waals surface area contributed by atoms with Gasteiger partial charge < -0.3 is 15.1 Å². The van der Waals surface area contributed by atoms with Gasteiger partial charge in [-0.3, -0.25) is 4.79 Å². The molecule has 0 atom stereocenters. The van der Waals surface area contributed by atoms with E-state index < -0.39 is 0 Å². The first kappa shape index (κ1) is 15.2. The molecule has 2 N–H and O–H groups in total. The van der Waals surface area contributed by atoms with Crippen LogP contribution in [0.5, 0.6) is 0 Å². The topological polar surface area (TPSA) is 78.6 Å². The van der Waals surface area contributed by atoms with Gasteiger partial charge in [0.2, 0.25) is 0 Å². The first-order chi connectivity index (χ1) is 10.2. The van der Waals surface area contributed by atoms with Gasteiger partial charge in [0.1, 0.15) is 0 Å². The Bertz CT molecular complexity index is 604. The molecule has 0 fully saturated rings. The van der Waals surface area contributed by atoms with Crippen molar-refractivity contribution in [2.75, 3.05) is 26.3 Å². The summed E-state index contributed by atoms with van der Waals surface area (Å²) in [5.74, 6) is -0.252. The summed E-state index contributed by atoms with van der Waals surface area (Å²) in [5.41, 5.74) is 2.40. The summed E-state index contributed by atoms with van der Waals surface area (Å²) in [5, 5.41) is 22.2. The number of rotatable bonds is 6. The zero-order chi connectivity index (χ0) is 15.2. The van der Waals surface area contributed by atoms with Gasteiger partial charge >= 0.3 is 0 Å². The van der Waals surface area contributed by atoms with Crippen LogP contribution in [0.2, 0.25) is 0 Å². The van der Waals surface area contributed by atoms with Gasteiger partial charge in [-0.15, -0.1) is 0 Å². The highest BCUT2D eigenvalue weighted by molar-refractivity contribution is 5.93. The molecule has 0 saturated carbocycles. The van der Waals surface area contributed by atoms with Crippen molar-refractivity contribution in [3.8, 4) is 5.69 Å². The number of hydrogen-bond acceptors (Lipinski definition) is 4. The standard InChI is InChI=1S/C15H19N3O3/c1-12-4-2-3-5-14(12)18-11-13(10-16-18)15(21)17(6-8-19)7-9-20/h2-5,10-11,19-20H,6-9H2,1H3. The zero-order valence-electron chi connectivity index (χ0n) is 11.9. The zero-order valence-corrected chi connectivity index (χ0v) is 11.9. The van der Waals surface area contributed by atoms with Crippen LogP contribution in [0.3, 0.4) is 0 Å². The van der Waals surface area contributed by atoms with Crippen molar-refractivity contribution in [1.29, 1.82) is 0 Å². The number of aliphatic hydroxyl groups excluding tert-OH is 2. The first-order valence-corrected chi connectivity index (χ1v) is 6.79. The highest BCUT2D eigenvalue weighted by Crippen LogP contribution is 2.14. The van der Waals surface area contributed by atoms with Crippen LogP contribution in [-0.4, -0.2) is 57.1 Å². The number of hydrogen-bond donors (Lipinski definition) is 2. The molecule has 2 aromatic rings. The van der Waals surface area contributed by atoms with Crippen molar-refractivity contribution in [1.82, 2.24) is 14.7 Å². The van der Waals surface area contributed by atoms with Crippen LogP contribution >= 0.6 is 0 Å². The third-order valence-electron chi connectivity index (χ3n) is 3.22. The number of aryl methyl sites for hydroxylation is 1. The predicted molar refractivity (Wildman–Crippen MR) is 78.4 cm³/mol. The van der Waals surface area contributed by atoms with Crippen LogP contribution in [0.15, 0.2) is 36.7 Å². The van der Waals surface area contributed by atoms with E-state index in [4.69, 9.17) is 10.2 Å². The first-order valence-electron chi connectivity index (χ1n) is 6.79. The minimum absolute atomic E-state index is 0.141. The second-order valence-corrected chi connectivity index (χ2v) is 4.70. The largest absolute Gasteiger partial charge is 0.395 e. The van der Waals surface area contributed by atoms with Crippen molar-refractivity contribution < 1.29 is 15.0 Å². The van der Waals surface area contributed by atoms with E-state index in [1.807, 2.05) is 31.2 Å². The van der Waals surface area contributed by atoms with Gasteiger partial charge in [-0.25, -0.2) is 4.68 Å². The van der Waals surface area contributed by atoms with Crippen LogP contribution < -0.4 is 0 Å². The Labute approximate surface area is 123 Å². The third-order valence-corrected chi connectivity index (χ3v) is 3.22. The van der Waals surface area contributed by atoms with Crippen LogP contribution in [0.25, 0.3) is 5.69 Å². The number of amides is 1. The second-order valence-electron chi connectivity index (χ2n) is 4.70. The lowest BCUT2D eigenvalue weighted by Gasteiger charge is -2.19. The predicted octanol–water partition coefficient (Wildman–Crippen LogP) is 0.608. The molecule has 1 heterocycles. The molecule has 1 amide bonds. The molecule has 0 spiro atoms. The molecule has 1 aromatic carbocycles. The summed E-state index contributed by atoms with van der Waals surface area (Å²) >= 11 is 0. The fourth-order valence-corrected chi connectivity index (χ4v) is 2.12. The molecule has 6 heteroatoms. The molecule has 0 unspecified atom stereocenters. The van der Waals surface area contributed by atoms with Crippen molar-refractivity contribution in [2.24, 2.45) is 0 Å². The molecule has 0 aliphatic heterocycles. The number of carbonyl (C=O) groups excluding carboxylic acids is 1. The van der Waals surface area contributed by atoms with E-state index in [0.29, 0.717) is 5.56 Å². The van der Waals surface area contributed by atoms with Gasteiger partial charge in [-0.2, -0.15) is 5.10 Å². The smallest absolute Gasteiger partial charge is 0.257 e. The maximum Gasteiger partial charge on any atom is 0.257 e. The van der Waals surface area contributed by atoms with E-state index in [-0.39, 0.29) is 32.2 Å². The van der Waals surface area contributed by atoms with E-state index >= 15 is 0 Å². The number of aliphatic hydroxyl groups is 2. The Morgan fingerprint density at radius 1 is 1.24 bits per heavy atom. The Kier molecular flexibility index (Phi) is 5.08. The summed E-state index contributed by atoms with van der Waals surface area (Å²) in [6.07, 6.45) is 3.16. The lowest BCUT2D eigenvalue weighted by molar-refractivity contribution is 0.0685. The molecule has 112 valence electrons. The average Bonchev–Trinajstić information content (AvgIpc) is 2.96. The van der Waals surface area contributed by atoms with Crippen LogP contribution in [0.1, 0.15) is 15.9 Å². The Hall–Kier alpha value is -2.18. The normalized spacial score (nSPS) is 10.6. The third kappa shape index (κ3) is 3.48. The highest BCUT2D eigenvalue weighted by atomic mass is 16.3. The summed E-state index contributed by atoms with van der Waals surface area (Å²) in [4.78, 5) is 13.7. The molecule has 1 aromatic heterocycles. The van der Waals surface area contributed by atoms with Gasteiger partial charge in [0.15, 0.2) is 0 Å². The van der Waals surface area contributed by atoms with Gasteiger partial charge in [0.05, 0.1) is 30.7 Å². The number of aromatic nitrogens is 2. The van der Waals surface area contributed by atoms with Crippen molar-refractivity contribution in [3.05, 3.63) is 47.8 Å². The maximum atomic E-state index is 12.3. The quantitative estimate of drug-likeness (QED) is 0.816. The summed E-state index contributed by atoms with van der Waals surface area (Å²) in [6, 6.07) is 7.76. The fraction of sp³-hybridized carbons (Fsp3) is 0.333. The molecular weight excluding hydrogens is 270 g/mol. The molecule has 0 aliphatic rings. The minimum Gasteiger partial charge on any atom is -0.395 e. The summed E-state index contributed by atoms with van der Waals surface area (Å²) in [6.45, 7) is 2.07. The summed E-state index contributed by atoms with van der Waals surface area (Å²) in [7, 11) is 0. The van der Waals surface area contributed by atoms with Crippen LogP contribution in [0, 0.1) is 6.92 Å². The molecule has 0 aliphatic carbocycles. The number of carbonyl (C=O) groups is 1. The van der Waals surface area contributed by atoms with Gasteiger partial charge in [0.25, 0.3) is 5.91 Å². The Balaban J connectivity index is 2.23. The van der Waals surface area contributed by atoms with Gasteiger partial charge in [0, 0.05) is 19.3 Å². The minimum atomic E-state index is -0.252. The van der Waals surface area contributed by atoms with E-state index in [9.17, 15) is 4.79 Å². The number of nitrogens with zero attached hydrogens (tertiary/aromatic N) is 3. The molecule has 21 heavy (non-hydrogen) atoms. The van der Waals surface area contributed by atoms with E-state index in [2.05, 4.69) is 5.10 Å². The van der Waals surface area contributed by atoms with E-state index in [1.165, 1.54) is 11.1 Å². The average molecular weight is 289 g/mol. The lowest BCUT2D eigenvalue weighted by Crippen LogP contribution is -2.35. The van der Waals surface area contributed by atoms with Crippen molar-refractivity contribution >= 4 is 5.91 Å². The molecule has 0 bridgehead atoms. The SMILES string of the molecule is Cc1ccccc1-n1cc(C(=O)N(CCO)CCO)cn1. The van der Waals surface area contributed by atoms with E-state index in [0.717, 1.165) is 11.3 Å². The summed E-state index contributed by atoms with van der Waals surface area (Å²) < 4.78 is 1.65. The van der Waals surface area contributed by atoms with Gasteiger partial charge in [-0.1, -0.05) is 18.2 Å². The monoisotopic (exact) mass is 289 g/mol. The highest BCUT2D eigenvalue weighted by Gasteiger charge is 2.17. The molecule has 6 nitrogen and oxygen atoms in total. The van der Waals surface area contributed by atoms with Gasteiger partial charge in [-0.05, 0) is 18.6 Å². The number of para-hydroxylation sites is 1. The molecule has 0 saturated heterocycles. The fourth-order valence-electron chi connectivity index (χ4n) is 2.12. The maximum absolute atomic E-state index is 12.3. The second kappa shape index (κ2) is 7.01. The van der Waals surface area contributed by atoms with Crippen molar-refractivity contribution in [2.45, 2.75) is 6.92 Å². The van der Waals surface area contributed by atoms with Crippen LogP contribution in [-0.2, 0) is 0 Å². The van der Waals surface area contributed by atoms with Crippen LogP contribution in [0.4, 0.5) is 0 Å². The Morgan fingerprint density at radius 2 is 1.90 bits per heavy atom. The number of benzene rings is 1. The lowest BCUT2D eigenvalue weighted by atomic mass is 10.2. The molecular formula is C15H19N3O3.